The molecular formula is C35H43N7O3S. The number of ether oxygens (including phenoxy) is 1. The molecule has 0 bridgehead atoms. The van der Waals surface area contributed by atoms with Crippen molar-refractivity contribution in [1.29, 1.82) is 0 Å². The molecule has 0 saturated heterocycles. The van der Waals surface area contributed by atoms with Gasteiger partial charge in [-0.1, -0.05) is 32.9 Å². The van der Waals surface area contributed by atoms with Gasteiger partial charge in [0.25, 0.3) is 5.91 Å². The molecule has 1 atom stereocenters. The predicted octanol–water partition coefficient (Wildman–Crippen LogP) is 6.84. The first kappa shape index (κ1) is 33.0. The molecule has 1 unspecified atom stereocenters. The Morgan fingerprint density at radius 3 is 2.46 bits per heavy atom. The van der Waals surface area contributed by atoms with Crippen LogP contribution >= 0.6 is 0 Å². The number of amides is 1. The maximum Gasteiger partial charge on any atom is 0.255 e. The zero-order valence-corrected chi connectivity index (χ0v) is 28.6. The molecule has 0 aliphatic carbocycles. The lowest BCUT2D eigenvalue weighted by Gasteiger charge is -2.29. The summed E-state index contributed by atoms with van der Waals surface area (Å²) in [5.74, 6) is 0.653. The summed E-state index contributed by atoms with van der Waals surface area (Å²) in [7, 11) is 0.190. The lowest BCUT2D eigenvalue weighted by molar-refractivity contribution is 0.102. The van der Waals surface area contributed by atoms with Crippen LogP contribution in [0.3, 0.4) is 0 Å². The molecular weight excluding hydrogens is 598 g/mol. The van der Waals surface area contributed by atoms with Gasteiger partial charge in [0.2, 0.25) is 0 Å². The van der Waals surface area contributed by atoms with Crippen molar-refractivity contribution in [2.24, 2.45) is 0 Å². The topological polar surface area (TPSA) is 121 Å². The largest absolute Gasteiger partial charge is 0.492 e. The monoisotopic (exact) mass is 641 g/mol. The number of carbonyl (C=O) groups excluding carboxylic acids is 1. The minimum atomic E-state index is -1.33. The first-order valence-corrected chi connectivity index (χ1v) is 17.0. The lowest BCUT2D eigenvalue weighted by Crippen LogP contribution is -2.34. The third-order valence-corrected chi connectivity index (χ3v) is 8.70. The van der Waals surface area contributed by atoms with E-state index >= 15 is 0 Å². The van der Waals surface area contributed by atoms with Gasteiger partial charge in [-0.15, -0.1) is 0 Å². The average molecular weight is 642 g/mol. The molecule has 3 N–H and O–H groups in total. The maximum absolute atomic E-state index is 13.7. The Bertz CT molecular complexity index is 1830. The normalized spacial score (nSPS) is 14.6. The van der Waals surface area contributed by atoms with Crippen LogP contribution in [0.25, 0.3) is 16.6 Å². The summed E-state index contributed by atoms with van der Waals surface area (Å²) in [6, 6.07) is 13.8. The van der Waals surface area contributed by atoms with Gasteiger partial charge in [-0.3, -0.25) is 9.69 Å². The van der Waals surface area contributed by atoms with Crippen LogP contribution in [0.5, 0.6) is 5.75 Å². The van der Waals surface area contributed by atoms with Crippen LogP contribution in [0.15, 0.2) is 54.9 Å². The number of anilines is 4. The Morgan fingerprint density at radius 2 is 1.80 bits per heavy atom. The molecule has 0 saturated carbocycles. The number of hydrogen-bond acceptors (Lipinski definition) is 8. The fourth-order valence-corrected chi connectivity index (χ4v) is 5.88. The van der Waals surface area contributed by atoms with Crippen LogP contribution < -0.4 is 20.1 Å². The van der Waals surface area contributed by atoms with Crippen molar-refractivity contribution in [2.75, 3.05) is 41.8 Å². The Morgan fingerprint density at radius 1 is 1.04 bits per heavy atom. The highest BCUT2D eigenvalue weighted by Gasteiger charge is 2.22. The number of rotatable bonds is 9. The van der Waals surface area contributed by atoms with Gasteiger partial charge in [0.05, 0.1) is 29.7 Å². The Kier molecular flexibility index (Phi) is 9.74. The number of carbonyl (C=O) groups is 1. The molecule has 0 fully saturated rings. The van der Waals surface area contributed by atoms with Gasteiger partial charge in [0.15, 0.2) is 11.6 Å². The summed E-state index contributed by atoms with van der Waals surface area (Å²) in [4.78, 5) is 30.1. The first-order valence-electron chi connectivity index (χ1n) is 15.4. The highest BCUT2D eigenvalue weighted by atomic mass is 32.2. The van der Waals surface area contributed by atoms with Crippen molar-refractivity contribution in [3.05, 3.63) is 77.3 Å². The van der Waals surface area contributed by atoms with Gasteiger partial charge in [-0.05, 0) is 85.7 Å². The van der Waals surface area contributed by atoms with Crippen molar-refractivity contribution >= 4 is 56.4 Å². The molecule has 1 amide bonds. The molecule has 5 rings (SSSR count). The van der Waals surface area contributed by atoms with Crippen LogP contribution in [-0.2, 0) is 16.4 Å². The summed E-state index contributed by atoms with van der Waals surface area (Å²) >= 11 is 0. The highest BCUT2D eigenvalue weighted by molar-refractivity contribution is 7.85. The predicted molar refractivity (Wildman–Crippen MR) is 188 cm³/mol. The summed E-state index contributed by atoms with van der Waals surface area (Å²) in [6.07, 6.45) is 6.25. The van der Waals surface area contributed by atoms with Crippen molar-refractivity contribution in [2.45, 2.75) is 59.4 Å². The Labute approximate surface area is 273 Å². The lowest BCUT2D eigenvalue weighted by atomic mass is 9.86. The summed E-state index contributed by atoms with van der Waals surface area (Å²) in [5, 5.41) is 6.44. The zero-order chi connectivity index (χ0) is 33.2. The molecule has 0 radical (unpaired) electrons. The quantitative estimate of drug-likeness (QED) is 0.182. The van der Waals surface area contributed by atoms with Crippen molar-refractivity contribution in [3.63, 3.8) is 0 Å². The fourth-order valence-electron chi connectivity index (χ4n) is 5.42. The first-order chi connectivity index (χ1) is 21.8. The van der Waals surface area contributed by atoms with Crippen molar-refractivity contribution in [3.8, 4) is 5.75 Å². The second kappa shape index (κ2) is 13.6. The van der Waals surface area contributed by atoms with E-state index in [2.05, 4.69) is 70.9 Å². The summed E-state index contributed by atoms with van der Waals surface area (Å²) in [5.41, 5.74) is 7.39. The molecule has 1 aliphatic rings. The average Bonchev–Trinajstić information content (AvgIpc) is 3.01. The minimum Gasteiger partial charge on any atom is -0.492 e. The molecule has 242 valence electrons. The summed E-state index contributed by atoms with van der Waals surface area (Å²) < 4.78 is 20.7. The second-order valence-corrected chi connectivity index (χ2v) is 14.0. The smallest absolute Gasteiger partial charge is 0.255 e. The SMILES string of the molecule is COc1c(NC(=O)c2ccc(C)c(Nc3ncnc4ccc(C5=CCN(C(C)C)CC5)nc34)c2)cc(C(C)(C)C)cc1NS(C)=O. The van der Waals surface area contributed by atoms with Gasteiger partial charge in [0.1, 0.15) is 22.8 Å². The highest BCUT2D eigenvalue weighted by Crippen LogP contribution is 2.39. The van der Waals surface area contributed by atoms with Crippen LogP contribution in [0.4, 0.5) is 22.9 Å². The van der Waals surface area contributed by atoms with Gasteiger partial charge in [-0.2, -0.15) is 0 Å². The molecule has 3 heterocycles. The number of pyridine rings is 1. The molecule has 11 heteroatoms. The van der Waals surface area contributed by atoms with E-state index in [1.54, 1.807) is 18.4 Å². The van der Waals surface area contributed by atoms with Gasteiger partial charge < -0.3 is 20.1 Å². The maximum atomic E-state index is 13.7. The van der Waals surface area contributed by atoms with Gasteiger partial charge in [0, 0.05) is 36.6 Å². The van der Waals surface area contributed by atoms with E-state index in [4.69, 9.17) is 9.72 Å². The summed E-state index contributed by atoms with van der Waals surface area (Å²) in [6.45, 7) is 14.5. The Balaban J connectivity index is 1.45. The number of benzene rings is 2. The number of nitrogens with zero attached hydrogens (tertiary/aromatic N) is 4. The van der Waals surface area contributed by atoms with E-state index in [-0.39, 0.29) is 11.3 Å². The van der Waals surface area contributed by atoms with Gasteiger partial charge in [-0.25, -0.2) is 19.2 Å². The van der Waals surface area contributed by atoms with Crippen LogP contribution in [0.2, 0.25) is 0 Å². The molecule has 46 heavy (non-hydrogen) atoms. The van der Waals surface area contributed by atoms with Crippen LogP contribution in [0.1, 0.15) is 68.2 Å². The molecule has 1 aliphatic heterocycles. The number of fused-ring (bicyclic) bond motifs is 1. The van der Waals surface area contributed by atoms with Crippen LogP contribution in [0, 0.1) is 6.92 Å². The molecule has 0 spiro atoms. The van der Waals surface area contributed by atoms with E-state index in [0.717, 1.165) is 47.5 Å². The van der Waals surface area contributed by atoms with Crippen molar-refractivity contribution < 1.29 is 13.7 Å². The van der Waals surface area contributed by atoms with E-state index in [1.165, 1.54) is 19.0 Å². The van der Waals surface area contributed by atoms with Crippen molar-refractivity contribution in [1.82, 2.24) is 19.9 Å². The van der Waals surface area contributed by atoms with Crippen LogP contribution in [-0.4, -0.2) is 62.5 Å². The van der Waals surface area contributed by atoms with E-state index in [9.17, 15) is 9.00 Å². The second-order valence-electron chi connectivity index (χ2n) is 12.9. The number of methoxy groups -OCH3 is 1. The number of hydrogen-bond donors (Lipinski definition) is 3. The Hall–Kier alpha value is -4.35. The number of nitrogens with one attached hydrogen (secondary N) is 3. The molecule has 4 aromatic rings. The van der Waals surface area contributed by atoms with E-state index < -0.39 is 11.0 Å². The fraction of sp³-hybridized carbons (Fsp3) is 0.371. The minimum absolute atomic E-state index is 0.228. The van der Waals surface area contributed by atoms with E-state index in [0.29, 0.717) is 40.1 Å². The zero-order valence-electron chi connectivity index (χ0n) is 27.8. The number of aryl methyl sites for hydroxylation is 1. The third-order valence-electron chi connectivity index (χ3n) is 8.20. The molecule has 2 aromatic heterocycles. The van der Waals surface area contributed by atoms with Gasteiger partial charge >= 0.3 is 0 Å². The molecule has 10 nitrogen and oxygen atoms in total. The van der Waals surface area contributed by atoms with E-state index in [1.807, 2.05) is 37.3 Å². The molecule has 2 aromatic carbocycles. The standard InChI is InChI=1S/C35H43N7O3S/c1-21(2)42-15-13-23(14-16-42)26-11-12-27-31(38-26)33(37-20-36-27)39-28-17-24(10-9-22(28)3)34(43)40-29-18-25(35(4,5)6)19-30(32(29)45-7)41-46(8)44/h9-13,17-21,41H,14-16H2,1-8H3,(H,40,43)(H,36,37,39). The third kappa shape index (κ3) is 7.37. The number of aromatic nitrogens is 3.